The van der Waals surface area contributed by atoms with E-state index in [9.17, 15) is 0 Å². The van der Waals surface area contributed by atoms with Crippen LogP contribution in [-0.4, -0.2) is 10.9 Å². The molecule has 2 saturated carbocycles. The van der Waals surface area contributed by atoms with E-state index in [1.165, 1.54) is 18.6 Å². The molecule has 1 heterocycles. The summed E-state index contributed by atoms with van der Waals surface area (Å²) >= 11 is 5.08. The second-order valence-electron chi connectivity index (χ2n) is 7.71. The Morgan fingerprint density at radius 3 is 2.54 bits per heavy atom. The molecule has 2 bridgehead atoms. The van der Waals surface area contributed by atoms with E-state index < -0.39 is 0 Å². The maximum atomic E-state index is 4.94. The number of thioether (sulfide) groups is 1. The summed E-state index contributed by atoms with van der Waals surface area (Å²) in [7, 11) is 0. The van der Waals surface area contributed by atoms with Crippen molar-refractivity contribution in [2.24, 2.45) is 26.8 Å². The lowest BCUT2D eigenvalue weighted by molar-refractivity contribution is 0.194. The van der Waals surface area contributed by atoms with Crippen LogP contribution in [0.4, 0.5) is 0 Å². The highest BCUT2D eigenvalue weighted by Crippen LogP contribution is 2.64. The predicted octanol–water partition coefficient (Wildman–Crippen LogP) is 5.64. The van der Waals surface area contributed by atoms with Crippen molar-refractivity contribution >= 4 is 44.3 Å². The fourth-order valence-electron chi connectivity index (χ4n) is 4.30. The first-order chi connectivity index (χ1) is 11.4. The van der Waals surface area contributed by atoms with E-state index in [-0.39, 0.29) is 5.41 Å². The predicted molar refractivity (Wildman–Crippen MR) is 107 cm³/mol. The molecule has 0 amide bonds. The largest absolute Gasteiger partial charge is 0.275 e. The number of hydrogen-bond donors (Lipinski definition) is 1. The van der Waals surface area contributed by atoms with Gasteiger partial charge in [-0.1, -0.05) is 60.6 Å². The highest BCUT2D eigenvalue weighted by atomic mass is 79.9. The van der Waals surface area contributed by atoms with Gasteiger partial charge in [0.2, 0.25) is 5.17 Å². The molecule has 0 spiro atoms. The van der Waals surface area contributed by atoms with E-state index in [4.69, 9.17) is 4.99 Å². The summed E-state index contributed by atoms with van der Waals surface area (Å²) in [6.45, 7) is 7.21. The van der Waals surface area contributed by atoms with Crippen LogP contribution in [0.25, 0.3) is 5.70 Å². The Balaban J connectivity index is 1.52. The molecule has 1 aromatic carbocycles. The molecule has 1 N–H and O–H groups in total. The van der Waals surface area contributed by atoms with Crippen LogP contribution in [0.5, 0.6) is 0 Å². The van der Waals surface area contributed by atoms with Crippen molar-refractivity contribution in [3.8, 4) is 0 Å². The van der Waals surface area contributed by atoms with Crippen LogP contribution in [0.3, 0.4) is 0 Å². The number of halogens is 1. The third-order valence-corrected chi connectivity index (χ3v) is 7.73. The smallest absolute Gasteiger partial charge is 0.210 e. The summed E-state index contributed by atoms with van der Waals surface area (Å²) in [5.41, 5.74) is 7.26. The molecule has 3 aliphatic rings. The number of nitrogens with zero attached hydrogens (tertiary/aromatic N) is 2. The molecule has 1 aromatic rings. The fraction of sp³-hybridized carbons (Fsp3) is 0.474. The molecule has 4 rings (SSSR count). The highest BCUT2D eigenvalue weighted by molar-refractivity contribution is 9.10. The molecular formula is C19H22BrN3S. The van der Waals surface area contributed by atoms with Crippen molar-refractivity contribution in [2.45, 2.75) is 40.0 Å². The van der Waals surface area contributed by atoms with Gasteiger partial charge in [0.15, 0.2) is 0 Å². The van der Waals surface area contributed by atoms with Crippen LogP contribution < -0.4 is 5.43 Å². The molecule has 0 aromatic heterocycles. The minimum atomic E-state index is 0.233. The van der Waals surface area contributed by atoms with E-state index in [2.05, 4.69) is 64.8 Å². The minimum absolute atomic E-state index is 0.233. The average Bonchev–Trinajstić information content (AvgIpc) is 2.90. The van der Waals surface area contributed by atoms with Crippen molar-refractivity contribution < 1.29 is 0 Å². The molecule has 3 nitrogen and oxygen atoms in total. The normalized spacial score (nSPS) is 32.5. The standard InChI is InChI=1S/C19H22BrN3S/c1-18(2)13-8-9-19(18,3)16(10-13)21-17-23-22-15(11-24-17)12-4-6-14(20)7-5-12/h4-7,11,13,22H,8-10H2,1-3H3/t13-,19+/m0/s1. The number of aliphatic imine (C=N–C) groups is 1. The quantitative estimate of drug-likeness (QED) is 0.658. The Kier molecular flexibility index (Phi) is 3.92. The number of hydrogen-bond acceptors (Lipinski definition) is 4. The first-order valence-corrected chi connectivity index (χ1v) is 10.1. The summed E-state index contributed by atoms with van der Waals surface area (Å²) in [6, 6.07) is 8.24. The van der Waals surface area contributed by atoms with Gasteiger partial charge in [-0.2, -0.15) is 0 Å². The maximum Gasteiger partial charge on any atom is 0.210 e. The summed E-state index contributed by atoms with van der Waals surface area (Å²) in [6.07, 6.45) is 3.73. The zero-order chi connectivity index (χ0) is 16.9. The molecular weight excluding hydrogens is 382 g/mol. The van der Waals surface area contributed by atoms with Crippen molar-refractivity contribution in [2.75, 3.05) is 0 Å². The van der Waals surface area contributed by atoms with Gasteiger partial charge in [-0.3, -0.25) is 5.43 Å². The topological polar surface area (TPSA) is 36.8 Å². The molecule has 2 atom stereocenters. The molecule has 2 aliphatic carbocycles. The molecule has 0 unspecified atom stereocenters. The Hall–Kier alpha value is -1.07. The zero-order valence-corrected chi connectivity index (χ0v) is 16.7. The molecule has 0 saturated heterocycles. The van der Waals surface area contributed by atoms with Crippen LogP contribution in [0.1, 0.15) is 45.6 Å². The lowest BCUT2D eigenvalue weighted by atomic mass is 9.70. The van der Waals surface area contributed by atoms with Crippen LogP contribution in [-0.2, 0) is 0 Å². The second-order valence-corrected chi connectivity index (χ2v) is 9.47. The van der Waals surface area contributed by atoms with Crippen molar-refractivity contribution in [1.29, 1.82) is 0 Å². The van der Waals surface area contributed by atoms with Crippen LogP contribution in [0.2, 0.25) is 0 Å². The van der Waals surface area contributed by atoms with Crippen molar-refractivity contribution in [3.05, 3.63) is 39.7 Å². The van der Waals surface area contributed by atoms with Crippen LogP contribution in [0, 0.1) is 16.7 Å². The molecule has 126 valence electrons. The van der Waals surface area contributed by atoms with Gasteiger partial charge < -0.3 is 0 Å². The lowest BCUT2D eigenvalue weighted by Gasteiger charge is -2.34. The van der Waals surface area contributed by atoms with Gasteiger partial charge in [-0.05, 0) is 42.7 Å². The second kappa shape index (κ2) is 5.73. The number of rotatable bonds is 1. The molecule has 24 heavy (non-hydrogen) atoms. The SMILES string of the molecule is CC1(C)[C@H]2CC[C@]1(C)C(=NC1=NNC(c3ccc(Br)cc3)=CS1)C2. The van der Waals surface area contributed by atoms with Gasteiger partial charge in [0.05, 0.1) is 5.70 Å². The van der Waals surface area contributed by atoms with E-state index in [0.29, 0.717) is 5.41 Å². The minimum Gasteiger partial charge on any atom is -0.275 e. The number of amidine groups is 1. The zero-order valence-electron chi connectivity index (χ0n) is 14.3. The number of nitrogens with one attached hydrogen (secondary N) is 1. The van der Waals surface area contributed by atoms with Crippen molar-refractivity contribution in [3.63, 3.8) is 0 Å². The van der Waals surface area contributed by atoms with E-state index >= 15 is 0 Å². The molecule has 1 aliphatic heterocycles. The fourth-order valence-corrected chi connectivity index (χ4v) is 5.24. The summed E-state index contributed by atoms with van der Waals surface area (Å²) < 4.78 is 1.08. The van der Waals surface area contributed by atoms with E-state index in [1.54, 1.807) is 11.8 Å². The third-order valence-electron chi connectivity index (χ3n) is 6.45. The van der Waals surface area contributed by atoms with E-state index in [1.807, 2.05) is 12.1 Å². The Morgan fingerprint density at radius 1 is 1.25 bits per heavy atom. The lowest BCUT2D eigenvalue weighted by Crippen LogP contribution is -2.33. The summed E-state index contributed by atoms with van der Waals surface area (Å²) in [5.74, 6) is 0.775. The molecule has 0 radical (unpaired) electrons. The van der Waals surface area contributed by atoms with Gasteiger partial charge in [-0.25, -0.2) is 4.99 Å². The highest BCUT2D eigenvalue weighted by Gasteiger charge is 2.59. The Labute approximate surface area is 156 Å². The average molecular weight is 404 g/mol. The number of fused-ring (bicyclic) bond motifs is 2. The monoisotopic (exact) mass is 403 g/mol. The first kappa shape index (κ1) is 16.4. The van der Waals surface area contributed by atoms with Crippen LogP contribution >= 0.6 is 27.7 Å². The molecule has 5 heteroatoms. The maximum absolute atomic E-state index is 4.94. The Morgan fingerprint density at radius 2 is 2.00 bits per heavy atom. The third kappa shape index (κ3) is 2.48. The van der Waals surface area contributed by atoms with E-state index in [0.717, 1.165) is 33.2 Å². The summed E-state index contributed by atoms with van der Waals surface area (Å²) in [4.78, 5) is 4.94. The number of hydrazone groups is 1. The van der Waals surface area contributed by atoms with Gasteiger partial charge in [0.25, 0.3) is 0 Å². The number of benzene rings is 1. The van der Waals surface area contributed by atoms with Crippen molar-refractivity contribution in [1.82, 2.24) is 5.43 Å². The first-order valence-electron chi connectivity index (χ1n) is 8.45. The van der Waals surface area contributed by atoms with Crippen LogP contribution in [0.15, 0.2) is 44.2 Å². The van der Waals surface area contributed by atoms with Gasteiger partial charge >= 0.3 is 0 Å². The van der Waals surface area contributed by atoms with Gasteiger partial charge in [-0.15, -0.1) is 5.10 Å². The Bertz CT molecular complexity index is 763. The molecule has 2 fully saturated rings. The van der Waals surface area contributed by atoms with Gasteiger partial charge in [0, 0.05) is 26.6 Å². The van der Waals surface area contributed by atoms with Gasteiger partial charge in [0.1, 0.15) is 0 Å². The summed E-state index contributed by atoms with van der Waals surface area (Å²) in [5, 5.41) is 7.43.